The zero-order valence-electron chi connectivity index (χ0n) is 21.5. The molecule has 1 heterocycles. The van der Waals surface area contributed by atoms with Crippen molar-refractivity contribution < 1.29 is 33.2 Å². The van der Waals surface area contributed by atoms with Gasteiger partial charge in [-0.05, 0) is 47.9 Å². The van der Waals surface area contributed by atoms with E-state index < -0.39 is 6.09 Å². The highest BCUT2D eigenvalue weighted by atomic mass is 16.7. The first-order valence-corrected chi connectivity index (χ1v) is 13.4. The highest BCUT2D eigenvalue weighted by Gasteiger charge is 2.28. The van der Waals surface area contributed by atoms with E-state index in [4.69, 9.17) is 28.4 Å². The van der Waals surface area contributed by atoms with Gasteiger partial charge in [-0.25, -0.2) is 4.79 Å². The van der Waals surface area contributed by atoms with Crippen LogP contribution in [0.3, 0.4) is 0 Å². The van der Waals surface area contributed by atoms with Gasteiger partial charge in [0.25, 0.3) is 0 Å². The molecule has 0 radical (unpaired) electrons. The van der Waals surface area contributed by atoms with Crippen molar-refractivity contribution in [3.63, 3.8) is 0 Å². The van der Waals surface area contributed by atoms with Crippen molar-refractivity contribution in [1.29, 1.82) is 0 Å². The average molecular weight is 514 g/mol. The number of fused-ring (bicyclic) bond motifs is 3. The van der Waals surface area contributed by atoms with Crippen molar-refractivity contribution in [1.82, 2.24) is 5.32 Å². The summed E-state index contributed by atoms with van der Waals surface area (Å²) in [4.78, 5) is 12.2. The van der Waals surface area contributed by atoms with Crippen molar-refractivity contribution in [3.8, 4) is 11.1 Å². The molecule has 0 bridgehead atoms. The van der Waals surface area contributed by atoms with Crippen LogP contribution in [0.1, 0.15) is 42.7 Å². The normalized spacial score (nSPS) is 16.8. The lowest BCUT2D eigenvalue weighted by atomic mass is 9.98. The summed E-state index contributed by atoms with van der Waals surface area (Å²) in [5, 5.41) is 2.80. The maximum Gasteiger partial charge on any atom is 0.407 e. The second kappa shape index (κ2) is 15.7. The molecule has 2 aromatic carbocycles. The van der Waals surface area contributed by atoms with Gasteiger partial charge in [-0.3, -0.25) is 0 Å². The van der Waals surface area contributed by atoms with Crippen LogP contribution in [0.5, 0.6) is 0 Å². The van der Waals surface area contributed by atoms with Gasteiger partial charge in [-0.1, -0.05) is 48.5 Å². The van der Waals surface area contributed by atoms with Crippen LogP contribution in [0.2, 0.25) is 0 Å². The second-order valence-corrected chi connectivity index (χ2v) is 9.11. The summed E-state index contributed by atoms with van der Waals surface area (Å²) in [6.07, 6.45) is 3.49. The fraction of sp³-hybridized carbons (Fsp3) is 0.552. The molecule has 2 aliphatic rings. The smallest absolute Gasteiger partial charge is 0.407 e. The van der Waals surface area contributed by atoms with Gasteiger partial charge in [0.2, 0.25) is 0 Å². The molecule has 1 N–H and O–H groups in total. The summed E-state index contributed by atoms with van der Waals surface area (Å²) in [6, 6.07) is 16.6. The van der Waals surface area contributed by atoms with Crippen molar-refractivity contribution in [2.45, 2.75) is 37.9 Å². The molecule has 1 aliphatic heterocycles. The molecule has 1 fully saturated rings. The SMILES string of the molecule is O=C(NCCCOCCOCCOCCOC1CCCCO1)OCC1c2ccccc2-c2ccccc21. The molecule has 1 amide bonds. The zero-order chi connectivity index (χ0) is 25.5. The molecule has 4 rings (SSSR count). The first kappa shape index (κ1) is 27.5. The Balaban J connectivity index is 0.956. The lowest BCUT2D eigenvalue weighted by Gasteiger charge is -2.22. The van der Waals surface area contributed by atoms with E-state index >= 15 is 0 Å². The van der Waals surface area contributed by atoms with Gasteiger partial charge < -0.3 is 33.7 Å². The van der Waals surface area contributed by atoms with E-state index in [1.165, 1.54) is 22.3 Å². The van der Waals surface area contributed by atoms with Gasteiger partial charge in [-0.2, -0.15) is 0 Å². The quantitative estimate of drug-likeness (QED) is 0.331. The predicted octanol–water partition coefficient (Wildman–Crippen LogP) is 4.51. The van der Waals surface area contributed by atoms with E-state index in [1.54, 1.807) is 0 Å². The van der Waals surface area contributed by atoms with Crippen LogP contribution in [-0.2, 0) is 28.4 Å². The third-order valence-corrected chi connectivity index (χ3v) is 6.49. The first-order valence-electron chi connectivity index (χ1n) is 13.4. The monoisotopic (exact) mass is 513 g/mol. The molecule has 2 aromatic rings. The van der Waals surface area contributed by atoms with E-state index in [0.29, 0.717) is 65.8 Å². The second-order valence-electron chi connectivity index (χ2n) is 9.11. The molecule has 202 valence electrons. The summed E-state index contributed by atoms with van der Waals surface area (Å²) in [6.45, 7) is 5.29. The van der Waals surface area contributed by atoms with Gasteiger partial charge in [0.1, 0.15) is 6.61 Å². The van der Waals surface area contributed by atoms with E-state index in [1.807, 2.05) is 24.3 Å². The number of carbonyl (C=O) groups excluding carboxylic acids is 1. The Morgan fingerprint density at radius 2 is 1.43 bits per heavy atom. The number of benzene rings is 2. The van der Waals surface area contributed by atoms with Gasteiger partial charge in [0, 0.05) is 25.7 Å². The van der Waals surface area contributed by atoms with Crippen molar-refractivity contribution in [3.05, 3.63) is 59.7 Å². The molecule has 1 aliphatic carbocycles. The van der Waals surface area contributed by atoms with Gasteiger partial charge >= 0.3 is 6.09 Å². The van der Waals surface area contributed by atoms with Crippen LogP contribution in [-0.4, -0.2) is 78.4 Å². The molecule has 8 heteroatoms. The van der Waals surface area contributed by atoms with Gasteiger partial charge in [-0.15, -0.1) is 0 Å². The molecule has 1 unspecified atom stereocenters. The van der Waals surface area contributed by atoms with Gasteiger partial charge in [0.05, 0.1) is 39.6 Å². The summed E-state index contributed by atoms with van der Waals surface area (Å²) < 4.78 is 33.2. The highest BCUT2D eigenvalue weighted by molar-refractivity contribution is 5.79. The van der Waals surface area contributed by atoms with E-state index in [0.717, 1.165) is 25.9 Å². The van der Waals surface area contributed by atoms with E-state index in [2.05, 4.69) is 29.6 Å². The lowest BCUT2D eigenvalue weighted by molar-refractivity contribution is -0.169. The topological polar surface area (TPSA) is 84.5 Å². The number of nitrogens with one attached hydrogen (secondary N) is 1. The molecular formula is C29H39NO7. The van der Waals surface area contributed by atoms with Crippen LogP contribution < -0.4 is 5.32 Å². The third-order valence-electron chi connectivity index (χ3n) is 6.49. The standard InChI is InChI=1S/C29H39NO7/c31-29(37-22-27-25-10-3-1-8-23(25)24-9-2-4-11-26(24)27)30-13-7-14-32-16-17-33-18-19-34-20-21-36-28-12-5-6-15-35-28/h1-4,8-11,27-28H,5-7,12-22H2,(H,30,31). The Morgan fingerprint density at radius 1 is 0.811 bits per heavy atom. The maximum atomic E-state index is 12.2. The highest BCUT2D eigenvalue weighted by Crippen LogP contribution is 2.44. The summed E-state index contributed by atoms with van der Waals surface area (Å²) in [5.41, 5.74) is 4.85. The minimum atomic E-state index is -0.401. The molecule has 0 spiro atoms. The van der Waals surface area contributed by atoms with Gasteiger partial charge in [0.15, 0.2) is 6.29 Å². The van der Waals surface area contributed by atoms with E-state index in [-0.39, 0.29) is 12.2 Å². The largest absolute Gasteiger partial charge is 0.449 e. The summed E-state index contributed by atoms with van der Waals surface area (Å²) in [7, 11) is 0. The van der Waals surface area contributed by atoms with Crippen LogP contribution >= 0.6 is 0 Å². The van der Waals surface area contributed by atoms with Crippen molar-refractivity contribution in [2.24, 2.45) is 0 Å². The van der Waals surface area contributed by atoms with Crippen LogP contribution in [0.25, 0.3) is 11.1 Å². The zero-order valence-corrected chi connectivity index (χ0v) is 21.5. The van der Waals surface area contributed by atoms with Crippen LogP contribution in [0.15, 0.2) is 48.5 Å². The Morgan fingerprint density at radius 3 is 2.08 bits per heavy atom. The fourth-order valence-electron chi connectivity index (χ4n) is 4.64. The number of ether oxygens (including phenoxy) is 6. The number of alkyl carbamates (subject to hydrolysis) is 1. The first-order chi connectivity index (χ1) is 18.3. The summed E-state index contributed by atoms with van der Waals surface area (Å²) >= 11 is 0. The molecular weight excluding hydrogens is 474 g/mol. The Hall–Kier alpha value is -2.49. The van der Waals surface area contributed by atoms with E-state index in [9.17, 15) is 4.79 Å². The maximum absolute atomic E-state index is 12.2. The Labute approximate surface area is 219 Å². The number of amides is 1. The molecule has 1 atom stereocenters. The fourth-order valence-corrected chi connectivity index (χ4v) is 4.64. The third kappa shape index (κ3) is 8.79. The van der Waals surface area contributed by atoms with Crippen LogP contribution in [0, 0.1) is 0 Å². The minimum absolute atomic E-state index is 0.0661. The van der Waals surface area contributed by atoms with Crippen molar-refractivity contribution in [2.75, 3.05) is 66.0 Å². The Kier molecular flexibility index (Phi) is 11.7. The molecule has 37 heavy (non-hydrogen) atoms. The number of carbonyl (C=O) groups is 1. The number of hydrogen-bond donors (Lipinski definition) is 1. The molecule has 0 saturated carbocycles. The summed E-state index contributed by atoms with van der Waals surface area (Å²) in [5.74, 6) is 0.0661. The molecule has 0 aromatic heterocycles. The minimum Gasteiger partial charge on any atom is -0.449 e. The van der Waals surface area contributed by atoms with Crippen LogP contribution in [0.4, 0.5) is 4.79 Å². The molecule has 8 nitrogen and oxygen atoms in total. The number of rotatable bonds is 16. The predicted molar refractivity (Wildman–Crippen MR) is 140 cm³/mol. The van der Waals surface area contributed by atoms with Crippen molar-refractivity contribution >= 4 is 6.09 Å². The Bertz CT molecular complexity index is 902. The average Bonchev–Trinajstić information content (AvgIpc) is 3.26. The lowest BCUT2D eigenvalue weighted by Crippen LogP contribution is -2.27. The molecule has 1 saturated heterocycles. The number of hydrogen-bond acceptors (Lipinski definition) is 7.